The van der Waals surface area contributed by atoms with E-state index in [-0.39, 0.29) is 18.3 Å². The number of anilines is 1. The molecule has 3 N–H and O–H groups in total. The quantitative estimate of drug-likeness (QED) is 0.894. The van der Waals surface area contributed by atoms with E-state index >= 15 is 0 Å². The van der Waals surface area contributed by atoms with Crippen LogP contribution in [0.25, 0.3) is 0 Å². The molecule has 1 aromatic rings. The van der Waals surface area contributed by atoms with Gasteiger partial charge < -0.3 is 20.5 Å². The van der Waals surface area contributed by atoms with Crippen LogP contribution in [0.1, 0.15) is 24.8 Å². The lowest BCUT2D eigenvalue weighted by Crippen LogP contribution is -2.56. The lowest BCUT2D eigenvalue weighted by Gasteiger charge is -2.36. The van der Waals surface area contributed by atoms with Crippen molar-refractivity contribution in [1.29, 1.82) is 0 Å². The highest BCUT2D eigenvalue weighted by Crippen LogP contribution is 2.35. The van der Waals surface area contributed by atoms with Crippen LogP contribution in [0.5, 0.6) is 11.5 Å². The SMILES string of the molecule is COc1cc(C)c(NC(=O)C2(N)CCC2)cc1OC.Cl. The normalized spacial score (nSPS) is 15.6. The topological polar surface area (TPSA) is 73.6 Å². The third kappa shape index (κ3) is 2.99. The van der Waals surface area contributed by atoms with Crippen molar-refractivity contribution in [1.82, 2.24) is 0 Å². The van der Waals surface area contributed by atoms with E-state index in [0.29, 0.717) is 17.2 Å². The Morgan fingerprint density at radius 1 is 1.25 bits per heavy atom. The minimum absolute atomic E-state index is 0. The number of carbonyl (C=O) groups excluding carboxylic acids is 1. The first kappa shape index (κ1) is 16.6. The molecular weight excluding hydrogens is 280 g/mol. The van der Waals surface area contributed by atoms with E-state index in [9.17, 15) is 4.79 Å². The lowest BCUT2D eigenvalue weighted by molar-refractivity contribution is -0.123. The van der Waals surface area contributed by atoms with Crippen molar-refractivity contribution in [2.45, 2.75) is 31.7 Å². The number of carbonyl (C=O) groups is 1. The Kier molecular flexibility index (Phi) is 5.25. The second-order valence-corrected chi connectivity index (χ2v) is 4.99. The summed E-state index contributed by atoms with van der Waals surface area (Å²) in [5.74, 6) is 1.10. The molecular formula is C14H21ClN2O3. The van der Waals surface area contributed by atoms with Crippen LogP contribution in [0.4, 0.5) is 5.69 Å². The van der Waals surface area contributed by atoms with E-state index < -0.39 is 5.54 Å². The number of nitrogens with two attached hydrogens (primary N) is 1. The number of amides is 1. The second-order valence-electron chi connectivity index (χ2n) is 4.99. The van der Waals surface area contributed by atoms with Crippen LogP contribution in [-0.4, -0.2) is 25.7 Å². The zero-order valence-electron chi connectivity index (χ0n) is 12.0. The summed E-state index contributed by atoms with van der Waals surface area (Å²) in [6, 6.07) is 3.59. The number of hydrogen-bond donors (Lipinski definition) is 2. The Morgan fingerprint density at radius 2 is 1.80 bits per heavy atom. The van der Waals surface area contributed by atoms with Gasteiger partial charge in [0.2, 0.25) is 5.91 Å². The molecule has 1 saturated carbocycles. The molecule has 0 radical (unpaired) electrons. The van der Waals surface area contributed by atoms with Crippen molar-refractivity contribution < 1.29 is 14.3 Å². The maximum absolute atomic E-state index is 12.1. The number of hydrogen-bond acceptors (Lipinski definition) is 4. The molecule has 0 bridgehead atoms. The number of aryl methyl sites for hydroxylation is 1. The summed E-state index contributed by atoms with van der Waals surface area (Å²) in [6.07, 6.45) is 2.49. The molecule has 0 aromatic heterocycles. The van der Waals surface area contributed by atoms with Gasteiger partial charge in [-0.05, 0) is 37.8 Å². The Hall–Kier alpha value is -1.46. The van der Waals surface area contributed by atoms with Gasteiger partial charge in [-0.25, -0.2) is 0 Å². The number of halogens is 1. The molecule has 1 aliphatic carbocycles. The smallest absolute Gasteiger partial charge is 0.244 e. The van der Waals surface area contributed by atoms with Gasteiger partial charge in [-0.15, -0.1) is 12.4 Å². The minimum Gasteiger partial charge on any atom is -0.493 e. The monoisotopic (exact) mass is 300 g/mol. The summed E-state index contributed by atoms with van der Waals surface area (Å²) < 4.78 is 10.4. The Morgan fingerprint density at radius 3 is 2.25 bits per heavy atom. The predicted molar refractivity (Wildman–Crippen MR) is 80.9 cm³/mol. The molecule has 0 unspecified atom stereocenters. The third-order valence-corrected chi connectivity index (χ3v) is 3.68. The van der Waals surface area contributed by atoms with E-state index in [1.165, 1.54) is 0 Å². The zero-order chi connectivity index (χ0) is 14.0. The molecule has 0 atom stereocenters. The average molecular weight is 301 g/mol. The van der Waals surface area contributed by atoms with Gasteiger partial charge in [0.05, 0.1) is 19.8 Å². The van der Waals surface area contributed by atoms with Gasteiger partial charge >= 0.3 is 0 Å². The number of ether oxygens (including phenoxy) is 2. The van der Waals surface area contributed by atoms with Crippen LogP contribution in [0.3, 0.4) is 0 Å². The average Bonchev–Trinajstić information content (AvgIpc) is 2.37. The Balaban J connectivity index is 0.00000200. The first-order chi connectivity index (χ1) is 9.00. The highest BCUT2D eigenvalue weighted by atomic mass is 35.5. The van der Waals surface area contributed by atoms with Gasteiger partial charge in [0.25, 0.3) is 0 Å². The largest absolute Gasteiger partial charge is 0.493 e. The fourth-order valence-electron chi connectivity index (χ4n) is 2.15. The molecule has 0 aliphatic heterocycles. The maximum atomic E-state index is 12.1. The van der Waals surface area contributed by atoms with E-state index in [0.717, 1.165) is 24.8 Å². The number of nitrogens with one attached hydrogen (secondary N) is 1. The molecule has 2 rings (SSSR count). The van der Waals surface area contributed by atoms with Gasteiger partial charge in [0.1, 0.15) is 0 Å². The van der Waals surface area contributed by atoms with Crippen molar-refractivity contribution in [3.63, 3.8) is 0 Å². The van der Waals surface area contributed by atoms with Crippen LogP contribution in [0.15, 0.2) is 12.1 Å². The lowest BCUT2D eigenvalue weighted by atomic mass is 9.77. The summed E-state index contributed by atoms with van der Waals surface area (Å²) in [5, 5.41) is 2.88. The fraction of sp³-hybridized carbons (Fsp3) is 0.500. The van der Waals surface area contributed by atoms with Crippen molar-refractivity contribution in [3.05, 3.63) is 17.7 Å². The second kappa shape index (κ2) is 6.33. The van der Waals surface area contributed by atoms with Gasteiger partial charge in [0, 0.05) is 11.8 Å². The van der Waals surface area contributed by atoms with E-state index in [1.807, 2.05) is 13.0 Å². The van der Waals surface area contributed by atoms with Gasteiger partial charge in [0.15, 0.2) is 11.5 Å². The molecule has 6 heteroatoms. The van der Waals surface area contributed by atoms with Crippen LogP contribution < -0.4 is 20.5 Å². The molecule has 0 saturated heterocycles. The first-order valence-electron chi connectivity index (χ1n) is 6.33. The molecule has 0 heterocycles. The van der Waals surface area contributed by atoms with Gasteiger partial charge in [-0.3, -0.25) is 4.79 Å². The van der Waals surface area contributed by atoms with Crippen molar-refractivity contribution >= 4 is 24.0 Å². The van der Waals surface area contributed by atoms with E-state index in [2.05, 4.69) is 5.32 Å². The maximum Gasteiger partial charge on any atom is 0.244 e. The molecule has 5 nitrogen and oxygen atoms in total. The van der Waals surface area contributed by atoms with Crippen LogP contribution in [0, 0.1) is 6.92 Å². The zero-order valence-corrected chi connectivity index (χ0v) is 12.8. The van der Waals surface area contributed by atoms with Crippen molar-refractivity contribution in [2.24, 2.45) is 5.73 Å². The van der Waals surface area contributed by atoms with Crippen LogP contribution in [0.2, 0.25) is 0 Å². The van der Waals surface area contributed by atoms with E-state index in [4.69, 9.17) is 15.2 Å². The number of benzene rings is 1. The summed E-state index contributed by atoms with van der Waals surface area (Å²) in [7, 11) is 3.15. The highest BCUT2D eigenvalue weighted by Gasteiger charge is 2.40. The molecule has 20 heavy (non-hydrogen) atoms. The molecule has 1 aliphatic rings. The molecule has 1 amide bonds. The summed E-state index contributed by atoms with van der Waals surface area (Å²) >= 11 is 0. The standard InChI is InChI=1S/C14H20N2O3.ClH/c1-9-7-11(18-2)12(19-3)8-10(9)16-13(17)14(15)5-4-6-14;/h7-8H,4-6,15H2,1-3H3,(H,16,17);1H. The van der Waals surface area contributed by atoms with E-state index in [1.54, 1.807) is 20.3 Å². The van der Waals surface area contributed by atoms with Gasteiger partial charge in [-0.2, -0.15) is 0 Å². The minimum atomic E-state index is -0.709. The molecule has 1 aromatic carbocycles. The number of methoxy groups -OCH3 is 2. The number of rotatable bonds is 4. The Labute approximate surface area is 125 Å². The molecule has 112 valence electrons. The highest BCUT2D eigenvalue weighted by molar-refractivity contribution is 5.99. The summed E-state index contributed by atoms with van der Waals surface area (Å²) in [4.78, 5) is 12.1. The van der Waals surface area contributed by atoms with Gasteiger partial charge in [-0.1, -0.05) is 0 Å². The fourth-order valence-corrected chi connectivity index (χ4v) is 2.15. The molecule has 1 fully saturated rings. The van der Waals surface area contributed by atoms with Crippen molar-refractivity contribution in [3.8, 4) is 11.5 Å². The third-order valence-electron chi connectivity index (χ3n) is 3.68. The molecule has 0 spiro atoms. The summed E-state index contributed by atoms with van der Waals surface area (Å²) in [6.45, 7) is 1.90. The van der Waals surface area contributed by atoms with Crippen LogP contribution >= 0.6 is 12.4 Å². The summed E-state index contributed by atoms with van der Waals surface area (Å²) in [5.41, 5.74) is 6.91. The first-order valence-corrected chi connectivity index (χ1v) is 6.33. The van der Waals surface area contributed by atoms with Crippen molar-refractivity contribution in [2.75, 3.05) is 19.5 Å². The Bertz CT molecular complexity index is 501. The van der Waals surface area contributed by atoms with Crippen LogP contribution in [-0.2, 0) is 4.79 Å². The predicted octanol–water partition coefficient (Wildman–Crippen LogP) is 2.25.